The van der Waals surface area contributed by atoms with Crippen molar-refractivity contribution in [3.63, 3.8) is 0 Å². The molecule has 0 radical (unpaired) electrons. The molecule has 0 aromatic carbocycles. The molecule has 0 unspecified atom stereocenters. The molecule has 0 heterocycles. The highest BCUT2D eigenvalue weighted by molar-refractivity contribution is 5.55. The van der Waals surface area contributed by atoms with Crippen LogP contribution in [0.2, 0.25) is 0 Å². The van der Waals surface area contributed by atoms with Gasteiger partial charge in [-0.2, -0.15) is 0 Å². The molecule has 0 heteroatoms. The Labute approximate surface area is 103 Å². The van der Waals surface area contributed by atoms with Gasteiger partial charge in [-0.1, -0.05) is 47.6 Å². The zero-order valence-corrected chi connectivity index (χ0v) is 10.6. The van der Waals surface area contributed by atoms with E-state index >= 15 is 0 Å². The monoisotopic (exact) mass is 222 g/mol. The Morgan fingerprint density at radius 2 is 0.882 bits per heavy atom. The zero-order chi connectivity index (χ0) is 11.8. The van der Waals surface area contributed by atoms with Gasteiger partial charge >= 0.3 is 0 Å². The van der Waals surface area contributed by atoms with E-state index in [9.17, 15) is 0 Å². The van der Waals surface area contributed by atoms with Crippen molar-refractivity contribution < 1.29 is 0 Å². The maximum Gasteiger partial charge on any atom is -0.00201 e. The quantitative estimate of drug-likeness (QED) is 0.629. The van der Waals surface area contributed by atoms with Gasteiger partial charge < -0.3 is 0 Å². The second kappa shape index (κ2) is 4.03. The van der Waals surface area contributed by atoms with Gasteiger partial charge in [0.1, 0.15) is 0 Å². The molecule has 0 aliphatic heterocycles. The van der Waals surface area contributed by atoms with Gasteiger partial charge in [-0.25, -0.2) is 0 Å². The summed E-state index contributed by atoms with van der Waals surface area (Å²) in [5.74, 6) is 0. The first-order valence-electron chi connectivity index (χ1n) is 6.35. The van der Waals surface area contributed by atoms with E-state index in [2.05, 4.69) is 50.3 Å². The summed E-state index contributed by atoms with van der Waals surface area (Å²) in [6, 6.07) is 0. The molecule has 3 aliphatic carbocycles. The molecule has 0 fully saturated rings. The zero-order valence-electron chi connectivity index (χ0n) is 10.6. The Kier molecular flexibility index (Phi) is 2.51. The van der Waals surface area contributed by atoms with Crippen molar-refractivity contribution >= 4 is 0 Å². The molecule has 0 atom stereocenters. The third-order valence-electron chi connectivity index (χ3n) is 3.77. The fourth-order valence-electron chi connectivity index (χ4n) is 2.73. The third kappa shape index (κ3) is 2.00. The predicted octanol–water partition coefficient (Wildman–Crippen LogP) is 4.80. The highest BCUT2D eigenvalue weighted by Crippen LogP contribution is 2.37. The number of hydrogen-bond donors (Lipinski definition) is 0. The summed E-state index contributed by atoms with van der Waals surface area (Å²) in [4.78, 5) is 0. The van der Waals surface area contributed by atoms with E-state index < -0.39 is 0 Å². The average molecular weight is 222 g/mol. The van der Waals surface area contributed by atoms with Crippen molar-refractivity contribution in [1.29, 1.82) is 0 Å². The Morgan fingerprint density at radius 3 is 1.24 bits per heavy atom. The summed E-state index contributed by atoms with van der Waals surface area (Å²) < 4.78 is 0. The molecule has 0 spiro atoms. The lowest BCUT2D eigenvalue weighted by Crippen LogP contribution is -1.90. The van der Waals surface area contributed by atoms with Crippen molar-refractivity contribution in [2.45, 2.75) is 33.1 Å². The van der Waals surface area contributed by atoms with Crippen molar-refractivity contribution in [1.82, 2.24) is 0 Å². The van der Waals surface area contributed by atoms with Crippen LogP contribution in [0.25, 0.3) is 0 Å². The predicted molar refractivity (Wildman–Crippen MR) is 73.7 cm³/mol. The first kappa shape index (κ1) is 10.6. The minimum Gasteiger partial charge on any atom is -0.0689 e. The van der Waals surface area contributed by atoms with E-state index in [1.165, 1.54) is 33.4 Å². The summed E-state index contributed by atoms with van der Waals surface area (Å²) >= 11 is 0. The summed E-state index contributed by atoms with van der Waals surface area (Å²) in [7, 11) is 0. The van der Waals surface area contributed by atoms with E-state index in [0.29, 0.717) is 0 Å². The SMILES string of the molecule is CC1=CC=C(C2=CC=C(C3=CC=C(C)C3)C2)C1. The van der Waals surface area contributed by atoms with Crippen LogP contribution in [-0.4, -0.2) is 0 Å². The molecule has 0 amide bonds. The van der Waals surface area contributed by atoms with Crippen LogP contribution in [0, 0.1) is 0 Å². The summed E-state index contributed by atoms with van der Waals surface area (Å²) in [6.07, 6.45) is 17.1. The van der Waals surface area contributed by atoms with Crippen LogP contribution in [0.15, 0.2) is 69.9 Å². The second-order valence-corrected chi connectivity index (χ2v) is 5.32. The molecule has 0 N–H and O–H groups in total. The highest BCUT2D eigenvalue weighted by Gasteiger charge is 2.18. The highest BCUT2D eigenvalue weighted by atomic mass is 14.2. The maximum atomic E-state index is 2.31. The van der Waals surface area contributed by atoms with E-state index in [1.54, 1.807) is 0 Å². The number of hydrogen-bond acceptors (Lipinski definition) is 0. The fraction of sp³-hybridized carbons (Fsp3) is 0.294. The van der Waals surface area contributed by atoms with Crippen LogP contribution in [0.3, 0.4) is 0 Å². The Balaban J connectivity index is 1.66. The van der Waals surface area contributed by atoms with E-state index in [1.807, 2.05) is 0 Å². The van der Waals surface area contributed by atoms with Crippen LogP contribution in [-0.2, 0) is 0 Å². The van der Waals surface area contributed by atoms with Gasteiger partial charge in [-0.05, 0) is 55.4 Å². The van der Waals surface area contributed by atoms with Crippen molar-refractivity contribution in [2.75, 3.05) is 0 Å². The molecule has 0 aromatic rings. The van der Waals surface area contributed by atoms with Gasteiger partial charge in [0.15, 0.2) is 0 Å². The molecule has 0 saturated heterocycles. The first-order chi connectivity index (χ1) is 8.22. The lowest BCUT2D eigenvalue weighted by Gasteiger charge is -2.08. The van der Waals surface area contributed by atoms with Gasteiger partial charge in [0.2, 0.25) is 0 Å². The van der Waals surface area contributed by atoms with Gasteiger partial charge in [0.05, 0.1) is 0 Å². The lowest BCUT2D eigenvalue weighted by molar-refractivity contribution is 1.06. The molecule has 86 valence electrons. The standard InChI is InChI=1S/C17H18/c1-12-3-5-14(9-12)16-7-8-17(11-16)15-6-4-13(2)10-15/h3-8H,9-11H2,1-2H3. The minimum atomic E-state index is 1.12. The van der Waals surface area contributed by atoms with E-state index in [-0.39, 0.29) is 0 Å². The molecular weight excluding hydrogens is 204 g/mol. The smallest absolute Gasteiger partial charge is 0.00201 e. The summed E-state index contributed by atoms with van der Waals surface area (Å²) in [6.45, 7) is 4.42. The van der Waals surface area contributed by atoms with Crippen LogP contribution in [0.1, 0.15) is 33.1 Å². The molecule has 0 bridgehead atoms. The Bertz CT molecular complexity index is 493. The average Bonchev–Trinajstić information content (AvgIpc) is 2.96. The van der Waals surface area contributed by atoms with E-state index in [4.69, 9.17) is 0 Å². The van der Waals surface area contributed by atoms with Gasteiger partial charge in [0.25, 0.3) is 0 Å². The molecular formula is C17H18. The van der Waals surface area contributed by atoms with Crippen LogP contribution in [0.4, 0.5) is 0 Å². The minimum absolute atomic E-state index is 1.12. The number of allylic oxidation sites excluding steroid dienone is 12. The van der Waals surface area contributed by atoms with Crippen LogP contribution in [0.5, 0.6) is 0 Å². The van der Waals surface area contributed by atoms with Gasteiger partial charge in [0, 0.05) is 0 Å². The molecule has 0 nitrogen and oxygen atoms in total. The van der Waals surface area contributed by atoms with E-state index in [0.717, 1.165) is 19.3 Å². The molecule has 3 rings (SSSR count). The molecule has 0 aromatic heterocycles. The molecule has 3 aliphatic rings. The van der Waals surface area contributed by atoms with Gasteiger partial charge in [-0.3, -0.25) is 0 Å². The topological polar surface area (TPSA) is 0 Å². The largest absolute Gasteiger partial charge is 0.0689 e. The second-order valence-electron chi connectivity index (χ2n) is 5.32. The van der Waals surface area contributed by atoms with Crippen molar-refractivity contribution in [2.24, 2.45) is 0 Å². The normalized spacial score (nSPS) is 22.9. The number of rotatable bonds is 2. The summed E-state index contributed by atoms with van der Waals surface area (Å²) in [5.41, 5.74) is 9.00. The van der Waals surface area contributed by atoms with Crippen LogP contribution < -0.4 is 0 Å². The Hall–Kier alpha value is -1.56. The maximum absolute atomic E-state index is 2.31. The molecule has 17 heavy (non-hydrogen) atoms. The van der Waals surface area contributed by atoms with Crippen molar-refractivity contribution in [3.8, 4) is 0 Å². The van der Waals surface area contributed by atoms with Crippen molar-refractivity contribution in [3.05, 3.63) is 69.9 Å². The van der Waals surface area contributed by atoms with Crippen LogP contribution >= 0.6 is 0 Å². The summed E-state index contributed by atoms with van der Waals surface area (Å²) in [5, 5.41) is 0. The fourth-order valence-corrected chi connectivity index (χ4v) is 2.73. The first-order valence-corrected chi connectivity index (χ1v) is 6.35. The Morgan fingerprint density at radius 1 is 0.529 bits per heavy atom. The van der Waals surface area contributed by atoms with Gasteiger partial charge in [-0.15, -0.1) is 0 Å². The molecule has 0 saturated carbocycles. The third-order valence-corrected chi connectivity index (χ3v) is 3.77. The lowest BCUT2D eigenvalue weighted by atomic mass is 9.96.